The Labute approximate surface area is 76.7 Å². The number of nitrogens with zero attached hydrogens (tertiary/aromatic N) is 2. The van der Waals surface area contributed by atoms with E-state index in [4.69, 9.17) is 10.4 Å². The number of carbonyl (C=O) groups excluding carboxylic acids is 2. The molecule has 7 heteroatoms. The van der Waals surface area contributed by atoms with Crippen LogP contribution in [0.3, 0.4) is 0 Å². The van der Waals surface area contributed by atoms with Gasteiger partial charge in [-0.2, -0.15) is 5.26 Å². The van der Waals surface area contributed by atoms with Crippen LogP contribution in [0.2, 0.25) is 0 Å². The average Bonchev–Trinajstić information content (AvgIpc) is 2.12. The first-order valence-electron chi connectivity index (χ1n) is 3.27. The van der Waals surface area contributed by atoms with E-state index in [1.165, 1.54) is 6.07 Å². The number of Topliss-reactive ketones (excluding diaryl/α,β-unsaturated/α-hetero) is 1. The summed E-state index contributed by atoms with van der Waals surface area (Å²) in [7, 11) is 0. The lowest BCUT2D eigenvalue weighted by Gasteiger charge is -2.04. The molecule has 0 bridgehead atoms. The maximum Gasteiger partial charge on any atom is 0.324 e. The van der Waals surface area contributed by atoms with Gasteiger partial charge in [-0.25, -0.2) is 0 Å². The maximum atomic E-state index is 11.0. The molecule has 70 valence electrons. The Bertz CT molecular complexity index is 451. The highest BCUT2D eigenvalue weighted by Gasteiger charge is 2.35. The number of carbonyl (C=O) groups is 2. The van der Waals surface area contributed by atoms with Crippen LogP contribution in [-0.4, -0.2) is 21.6 Å². The van der Waals surface area contributed by atoms with Crippen molar-refractivity contribution < 1.29 is 19.6 Å². The van der Waals surface area contributed by atoms with Crippen molar-refractivity contribution >= 4 is 11.6 Å². The van der Waals surface area contributed by atoms with Crippen molar-refractivity contribution in [2.75, 3.05) is 0 Å². The molecule has 7 nitrogen and oxygen atoms in total. The predicted molar refractivity (Wildman–Crippen MR) is 40.4 cm³/mol. The third kappa shape index (κ3) is 1.25. The quantitative estimate of drug-likeness (QED) is 0.345. The molecule has 0 aromatic rings. The number of aliphatic hydroxyl groups excluding tert-OH is 1. The molecule has 0 amide bonds. The van der Waals surface area contributed by atoms with Crippen LogP contribution in [0.25, 0.3) is 0 Å². The zero-order valence-corrected chi connectivity index (χ0v) is 6.55. The summed E-state index contributed by atoms with van der Waals surface area (Å²) in [4.78, 5) is 31.0. The van der Waals surface area contributed by atoms with Crippen LogP contribution in [0, 0.1) is 21.4 Å². The molecule has 1 N–H and O–H groups in total. The Morgan fingerprint density at radius 2 is 2.07 bits per heavy atom. The summed E-state index contributed by atoms with van der Waals surface area (Å²) >= 11 is 0. The van der Waals surface area contributed by atoms with E-state index in [1.807, 2.05) is 0 Å². The molecule has 0 unspecified atom stereocenters. The Hall–Kier alpha value is -2.49. The van der Waals surface area contributed by atoms with Gasteiger partial charge in [0.25, 0.3) is 5.78 Å². The molecule has 0 saturated heterocycles. The number of hydrogen-bond donors (Lipinski definition) is 1. The fourth-order valence-electron chi connectivity index (χ4n) is 0.857. The summed E-state index contributed by atoms with van der Waals surface area (Å²) in [6.07, 6.45) is 0.417. The minimum Gasteiger partial charge on any atom is -0.503 e. The lowest BCUT2D eigenvalue weighted by Crippen LogP contribution is -2.22. The predicted octanol–water partition coefficient (Wildman–Crippen LogP) is -0.366. The zero-order chi connectivity index (χ0) is 10.9. The molecule has 0 aliphatic heterocycles. The number of hydrogen-bond acceptors (Lipinski definition) is 6. The Balaban J connectivity index is 3.31. The highest BCUT2D eigenvalue weighted by molar-refractivity contribution is 6.22. The molecular weight excluding hydrogens is 192 g/mol. The fourth-order valence-corrected chi connectivity index (χ4v) is 0.857. The SMILES string of the molecule is N#CC1=C(O)C(=O)C([N+](=O)[O-])=CC1=O. The van der Waals surface area contributed by atoms with Gasteiger partial charge in [-0.1, -0.05) is 0 Å². The minimum atomic E-state index is -1.33. The number of nitro groups is 1. The molecule has 14 heavy (non-hydrogen) atoms. The molecule has 0 spiro atoms. The molecule has 0 atom stereocenters. The van der Waals surface area contributed by atoms with Crippen LogP contribution in [-0.2, 0) is 9.59 Å². The topological polar surface area (TPSA) is 121 Å². The Kier molecular flexibility index (Phi) is 2.13. The van der Waals surface area contributed by atoms with E-state index in [1.54, 1.807) is 0 Å². The van der Waals surface area contributed by atoms with E-state index in [0.29, 0.717) is 6.08 Å². The number of ketones is 2. The van der Waals surface area contributed by atoms with Crippen LogP contribution in [0.5, 0.6) is 0 Å². The zero-order valence-electron chi connectivity index (χ0n) is 6.55. The molecule has 1 aliphatic rings. The average molecular weight is 194 g/mol. The highest BCUT2D eigenvalue weighted by atomic mass is 16.6. The van der Waals surface area contributed by atoms with Crippen molar-refractivity contribution in [1.82, 2.24) is 0 Å². The van der Waals surface area contributed by atoms with Crippen LogP contribution >= 0.6 is 0 Å². The van der Waals surface area contributed by atoms with Gasteiger partial charge in [-0.3, -0.25) is 19.7 Å². The lowest BCUT2D eigenvalue weighted by molar-refractivity contribution is -0.418. The summed E-state index contributed by atoms with van der Waals surface area (Å²) < 4.78 is 0. The van der Waals surface area contributed by atoms with Crippen molar-refractivity contribution in [1.29, 1.82) is 5.26 Å². The maximum absolute atomic E-state index is 11.0. The molecule has 0 radical (unpaired) electrons. The smallest absolute Gasteiger partial charge is 0.324 e. The molecule has 1 aliphatic carbocycles. The molecule has 0 aromatic carbocycles. The Morgan fingerprint density at radius 3 is 2.50 bits per heavy atom. The monoisotopic (exact) mass is 194 g/mol. The van der Waals surface area contributed by atoms with E-state index >= 15 is 0 Å². The van der Waals surface area contributed by atoms with Gasteiger partial charge in [0.1, 0.15) is 11.6 Å². The first-order valence-corrected chi connectivity index (χ1v) is 3.27. The summed E-state index contributed by atoms with van der Waals surface area (Å²) in [5.74, 6) is -3.55. The second-order valence-corrected chi connectivity index (χ2v) is 2.32. The van der Waals surface area contributed by atoms with Crippen molar-refractivity contribution in [3.05, 3.63) is 33.2 Å². The van der Waals surface area contributed by atoms with Gasteiger partial charge >= 0.3 is 5.70 Å². The summed E-state index contributed by atoms with van der Waals surface area (Å²) in [6.45, 7) is 0. The number of allylic oxidation sites excluding steroid dienone is 2. The molecule has 0 fully saturated rings. The molecule has 0 heterocycles. The van der Waals surface area contributed by atoms with E-state index < -0.39 is 33.5 Å². The van der Waals surface area contributed by atoms with Gasteiger partial charge in [0.2, 0.25) is 5.78 Å². The van der Waals surface area contributed by atoms with Crippen LogP contribution in [0.4, 0.5) is 0 Å². The number of aliphatic hydroxyl groups is 1. The van der Waals surface area contributed by atoms with Gasteiger partial charge in [0.05, 0.1) is 11.0 Å². The third-order valence-corrected chi connectivity index (χ3v) is 1.51. The summed E-state index contributed by atoms with van der Waals surface area (Å²) in [6, 6.07) is 1.29. The highest BCUT2D eigenvalue weighted by Crippen LogP contribution is 2.16. The first kappa shape index (κ1) is 9.60. The third-order valence-electron chi connectivity index (χ3n) is 1.51. The lowest BCUT2D eigenvalue weighted by atomic mass is 10.0. The fraction of sp³-hybridized carbons (Fsp3) is 0. The van der Waals surface area contributed by atoms with Crippen molar-refractivity contribution in [2.24, 2.45) is 0 Å². The number of nitriles is 1. The number of rotatable bonds is 1. The first-order chi connectivity index (χ1) is 6.49. The second-order valence-electron chi connectivity index (χ2n) is 2.32. The molecular formula is C7H2N2O5. The minimum absolute atomic E-state index is 0.417. The normalized spacial score (nSPS) is 16.4. The van der Waals surface area contributed by atoms with Gasteiger partial charge in [-0.15, -0.1) is 0 Å². The van der Waals surface area contributed by atoms with Gasteiger partial charge in [-0.05, 0) is 0 Å². The van der Waals surface area contributed by atoms with Crippen molar-refractivity contribution in [2.45, 2.75) is 0 Å². The molecule has 0 saturated carbocycles. The van der Waals surface area contributed by atoms with Crippen molar-refractivity contribution in [3.8, 4) is 6.07 Å². The van der Waals surface area contributed by atoms with Gasteiger partial charge in [0, 0.05) is 0 Å². The van der Waals surface area contributed by atoms with E-state index in [-0.39, 0.29) is 0 Å². The van der Waals surface area contributed by atoms with E-state index in [9.17, 15) is 19.7 Å². The van der Waals surface area contributed by atoms with Gasteiger partial charge < -0.3 is 5.11 Å². The van der Waals surface area contributed by atoms with Crippen LogP contribution in [0.1, 0.15) is 0 Å². The van der Waals surface area contributed by atoms with E-state index in [0.717, 1.165) is 0 Å². The van der Waals surface area contributed by atoms with E-state index in [2.05, 4.69) is 0 Å². The largest absolute Gasteiger partial charge is 0.503 e. The van der Waals surface area contributed by atoms with Gasteiger partial charge in [0.15, 0.2) is 5.76 Å². The standard InChI is InChI=1S/C7H2N2O5/c8-2-3-5(10)1-4(9(13)14)7(12)6(3)11/h1,11H. The molecule has 0 aromatic heterocycles. The van der Waals surface area contributed by atoms with Crippen LogP contribution < -0.4 is 0 Å². The van der Waals surface area contributed by atoms with Crippen molar-refractivity contribution in [3.63, 3.8) is 0 Å². The van der Waals surface area contributed by atoms with Crippen LogP contribution in [0.15, 0.2) is 23.1 Å². The Morgan fingerprint density at radius 1 is 1.50 bits per heavy atom. The molecule has 1 rings (SSSR count). The second kappa shape index (κ2) is 3.10. The summed E-state index contributed by atoms with van der Waals surface area (Å²) in [5, 5.41) is 27.5. The summed E-state index contributed by atoms with van der Waals surface area (Å²) in [5.41, 5.74) is -1.81.